The van der Waals surface area contributed by atoms with Crippen LogP contribution in [0.5, 0.6) is 0 Å². The first kappa shape index (κ1) is 18.5. The maximum atomic E-state index is 12.3. The number of hydrogen-bond acceptors (Lipinski definition) is 3. The van der Waals surface area contributed by atoms with E-state index in [9.17, 15) is 15.0 Å². The third-order valence-corrected chi connectivity index (χ3v) is 3.77. The van der Waals surface area contributed by atoms with Gasteiger partial charge in [-0.25, -0.2) is 4.79 Å². The summed E-state index contributed by atoms with van der Waals surface area (Å²) in [6.45, 7) is 9.99. The molecule has 0 heterocycles. The Morgan fingerprint density at radius 3 is 2.23 bits per heavy atom. The van der Waals surface area contributed by atoms with Crippen molar-refractivity contribution in [1.82, 2.24) is 10.2 Å². The summed E-state index contributed by atoms with van der Waals surface area (Å²) in [6, 6.07) is 3.58. The second kappa shape index (κ2) is 8.15. The van der Waals surface area contributed by atoms with Crippen molar-refractivity contribution >= 4 is 6.03 Å². The summed E-state index contributed by atoms with van der Waals surface area (Å²) in [4.78, 5) is 13.8. The number of hydrogen-bond donors (Lipinski definition) is 3. The van der Waals surface area contributed by atoms with Gasteiger partial charge in [-0.15, -0.1) is 0 Å². The zero-order valence-corrected chi connectivity index (χ0v) is 14.2. The van der Waals surface area contributed by atoms with Crippen LogP contribution in [0, 0.1) is 20.8 Å². The van der Waals surface area contributed by atoms with Crippen LogP contribution >= 0.6 is 0 Å². The second-order valence-corrected chi connectivity index (χ2v) is 6.07. The van der Waals surface area contributed by atoms with Crippen molar-refractivity contribution in [2.24, 2.45) is 0 Å². The first-order valence-corrected chi connectivity index (χ1v) is 7.66. The summed E-state index contributed by atoms with van der Waals surface area (Å²) >= 11 is 0. The predicted octanol–water partition coefficient (Wildman–Crippen LogP) is 1.89. The van der Waals surface area contributed by atoms with Crippen LogP contribution in [0.1, 0.15) is 36.1 Å². The third kappa shape index (κ3) is 5.00. The monoisotopic (exact) mass is 308 g/mol. The molecule has 124 valence electrons. The minimum absolute atomic E-state index is 0.136. The maximum Gasteiger partial charge on any atom is 0.318 e. The van der Waals surface area contributed by atoms with Crippen LogP contribution in [0.3, 0.4) is 0 Å². The minimum Gasteiger partial charge on any atom is -0.394 e. The number of rotatable bonds is 6. The van der Waals surface area contributed by atoms with Crippen LogP contribution in [-0.2, 0) is 6.54 Å². The first-order valence-electron chi connectivity index (χ1n) is 7.66. The Bertz CT molecular complexity index is 492. The SMILES string of the molecule is Cc1cc(C)c(CNC(=O)N(C[C@H](C)O)[C@H](C)CO)c(C)c1. The smallest absolute Gasteiger partial charge is 0.318 e. The van der Waals surface area contributed by atoms with Crippen LogP contribution in [0.2, 0.25) is 0 Å². The van der Waals surface area contributed by atoms with Crippen molar-refractivity contribution in [2.75, 3.05) is 13.2 Å². The molecule has 2 amide bonds. The highest BCUT2D eigenvalue weighted by molar-refractivity contribution is 5.74. The molecule has 0 fully saturated rings. The molecule has 1 aromatic rings. The summed E-state index contributed by atoms with van der Waals surface area (Å²) in [5, 5.41) is 21.7. The summed E-state index contributed by atoms with van der Waals surface area (Å²) in [7, 11) is 0. The lowest BCUT2D eigenvalue weighted by atomic mass is 10.00. The molecule has 0 aliphatic carbocycles. The van der Waals surface area contributed by atoms with Crippen LogP contribution in [0.4, 0.5) is 4.79 Å². The lowest BCUT2D eigenvalue weighted by Crippen LogP contribution is -2.49. The van der Waals surface area contributed by atoms with Gasteiger partial charge in [-0.3, -0.25) is 0 Å². The lowest BCUT2D eigenvalue weighted by molar-refractivity contribution is 0.0936. The van der Waals surface area contributed by atoms with Gasteiger partial charge < -0.3 is 20.4 Å². The number of benzene rings is 1. The Morgan fingerprint density at radius 2 is 1.77 bits per heavy atom. The summed E-state index contributed by atoms with van der Waals surface area (Å²) < 4.78 is 0. The van der Waals surface area contributed by atoms with E-state index < -0.39 is 6.10 Å². The fraction of sp³-hybridized carbons (Fsp3) is 0.588. The Hall–Kier alpha value is -1.59. The minimum atomic E-state index is -0.636. The third-order valence-electron chi connectivity index (χ3n) is 3.77. The highest BCUT2D eigenvalue weighted by atomic mass is 16.3. The Labute approximate surface area is 133 Å². The van der Waals surface area contributed by atoms with Gasteiger partial charge in [0.05, 0.1) is 18.8 Å². The molecule has 22 heavy (non-hydrogen) atoms. The van der Waals surface area contributed by atoms with Gasteiger partial charge in [0.1, 0.15) is 0 Å². The highest BCUT2D eigenvalue weighted by Crippen LogP contribution is 2.16. The van der Waals surface area contributed by atoms with E-state index in [0.29, 0.717) is 6.54 Å². The quantitative estimate of drug-likeness (QED) is 0.751. The molecule has 0 aliphatic rings. The molecule has 0 spiro atoms. The van der Waals surface area contributed by atoms with Gasteiger partial charge in [-0.05, 0) is 51.3 Å². The number of nitrogens with one attached hydrogen (secondary N) is 1. The molecular formula is C17H28N2O3. The van der Waals surface area contributed by atoms with Crippen molar-refractivity contribution in [2.45, 2.75) is 53.3 Å². The van der Waals surface area contributed by atoms with Gasteiger partial charge in [-0.2, -0.15) is 0 Å². The Kier molecular flexibility index (Phi) is 6.84. The van der Waals surface area contributed by atoms with E-state index in [0.717, 1.165) is 16.7 Å². The van der Waals surface area contributed by atoms with Crippen LogP contribution < -0.4 is 5.32 Å². The number of amides is 2. The van der Waals surface area contributed by atoms with Crippen molar-refractivity contribution in [3.8, 4) is 0 Å². The second-order valence-electron chi connectivity index (χ2n) is 6.07. The average molecular weight is 308 g/mol. The van der Waals surface area contributed by atoms with Crippen LogP contribution in [0.25, 0.3) is 0 Å². The molecule has 1 rings (SSSR count). The molecule has 0 aromatic heterocycles. The molecule has 0 bridgehead atoms. The highest BCUT2D eigenvalue weighted by Gasteiger charge is 2.21. The number of aliphatic hydroxyl groups is 2. The number of urea groups is 1. The molecule has 1 aromatic carbocycles. The lowest BCUT2D eigenvalue weighted by Gasteiger charge is -2.29. The van der Waals surface area contributed by atoms with Crippen molar-refractivity contribution in [3.05, 3.63) is 34.4 Å². The standard InChI is InChI=1S/C17H28N2O3/c1-11-6-12(2)16(13(3)7-11)8-18-17(22)19(9-15(5)21)14(4)10-20/h6-7,14-15,20-21H,8-10H2,1-5H3,(H,18,22)/t14-,15+/m1/s1. The van der Waals surface area contributed by atoms with Crippen LogP contribution in [0.15, 0.2) is 12.1 Å². The van der Waals surface area contributed by atoms with Gasteiger partial charge in [0.25, 0.3) is 0 Å². The maximum absolute atomic E-state index is 12.3. The molecule has 5 heteroatoms. The van der Waals surface area contributed by atoms with E-state index in [-0.39, 0.29) is 25.2 Å². The number of aliphatic hydroxyl groups excluding tert-OH is 2. The number of nitrogens with zero attached hydrogens (tertiary/aromatic N) is 1. The van der Waals surface area contributed by atoms with E-state index in [1.54, 1.807) is 13.8 Å². The number of carbonyl (C=O) groups is 1. The van der Waals surface area contributed by atoms with Crippen molar-refractivity contribution in [1.29, 1.82) is 0 Å². The number of aryl methyl sites for hydroxylation is 3. The zero-order valence-electron chi connectivity index (χ0n) is 14.2. The topological polar surface area (TPSA) is 72.8 Å². The van der Waals surface area contributed by atoms with Gasteiger partial charge >= 0.3 is 6.03 Å². The molecule has 0 saturated heterocycles. The number of carbonyl (C=O) groups excluding carboxylic acids is 1. The van der Waals surface area contributed by atoms with Crippen LogP contribution in [-0.4, -0.2) is 46.4 Å². The van der Waals surface area contributed by atoms with E-state index in [2.05, 4.69) is 24.4 Å². The molecular weight excluding hydrogens is 280 g/mol. The summed E-state index contributed by atoms with van der Waals surface area (Å²) in [5.41, 5.74) is 4.60. The summed E-state index contributed by atoms with van der Waals surface area (Å²) in [6.07, 6.45) is -0.636. The van der Waals surface area contributed by atoms with E-state index >= 15 is 0 Å². The van der Waals surface area contributed by atoms with Crippen molar-refractivity contribution < 1.29 is 15.0 Å². The van der Waals surface area contributed by atoms with Gasteiger partial charge in [0.15, 0.2) is 0 Å². The van der Waals surface area contributed by atoms with Gasteiger partial charge in [0.2, 0.25) is 0 Å². The van der Waals surface area contributed by atoms with Crippen molar-refractivity contribution in [3.63, 3.8) is 0 Å². The summed E-state index contributed by atoms with van der Waals surface area (Å²) in [5.74, 6) is 0. The molecule has 3 N–H and O–H groups in total. The Morgan fingerprint density at radius 1 is 1.23 bits per heavy atom. The van der Waals surface area contributed by atoms with E-state index in [1.807, 2.05) is 13.8 Å². The predicted molar refractivity (Wildman–Crippen MR) is 87.8 cm³/mol. The molecule has 0 saturated carbocycles. The first-order chi connectivity index (χ1) is 10.3. The molecule has 0 unspecified atom stereocenters. The van der Waals surface area contributed by atoms with Gasteiger partial charge in [0, 0.05) is 13.1 Å². The van der Waals surface area contributed by atoms with E-state index in [4.69, 9.17) is 0 Å². The largest absolute Gasteiger partial charge is 0.394 e. The van der Waals surface area contributed by atoms with Gasteiger partial charge in [-0.1, -0.05) is 17.7 Å². The molecule has 5 nitrogen and oxygen atoms in total. The van der Waals surface area contributed by atoms with E-state index in [1.165, 1.54) is 10.5 Å². The molecule has 0 radical (unpaired) electrons. The molecule has 2 atom stereocenters. The zero-order chi connectivity index (χ0) is 16.9. The average Bonchev–Trinajstić information content (AvgIpc) is 2.42. The fourth-order valence-electron chi connectivity index (χ4n) is 2.60. The normalized spacial score (nSPS) is 13.6. The molecule has 0 aliphatic heterocycles. The fourth-order valence-corrected chi connectivity index (χ4v) is 2.60. The Balaban J connectivity index is 2.79.